The Morgan fingerprint density at radius 1 is 1.47 bits per heavy atom. The van der Waals surface area contributed by atoms with Crippen LogP contribution in [0.15, 0.2) is 6.20 Å². The molecule has 84 valence electrons. The third-order valence-corrected chi connectivity index (χ3v) is 2.99. The van der Waals surface area contributed by atoms with Gasteiger partial charge in [0.25, 0.3) is 0 Å². The maximum absolute atomic E-state index is 5.91. The van der Waals surface area contributed by atoms with Crippen LogP contribution in [0.5, 0.6) is 0 Å². The molecule has 1 heterocycles. The van der Waals surface area contributed by atoms with Crippen molar-refractivity contribution in [3.63, 3.8) is 0 Å². The fourth-order valence-electron chi connectivity index (χ4n) is 2.05. The fourth-order valence-corrected chi connectivity index (χ4v) is 2.05. The first-order valence-corrected chi connectivity index (χ1v) is 5.78. The average molecular weight is 208 g/mol. The van der Waals surface area contributed by atoms with Gasteiger partial charge in [0, 0.05) is 12.1 Å². The van der Waals surface area contributed by atoms with Crippen molar-refractivity contribution in [1.82, 2.24) is 9.78 Å². The first-order chi connectivity index (χ1) is 7.16. The normalized spacial score (nSPS) is 17.5. The summed E-state index contributed by atoms with van der Waals surface area (Å²) < 4.78 is 1.91. The molecule has 0 amide bonds. The van der Waals surface area contributed by atoms with E-state index in [0.29, 0.717) is 12.1 Å². The van der Waals surface area contributed by atoms with E-state index < -0.39 is 0 Å². The zero-order chi connectivity index (χ0) is 10.8. The summed E-state index contributed by atoms with van der Waals surface area (Å²) in [5, 5.41) is 7.88. The minimum absolute atomic E-state index is 0.367. The second kappa shape index (κ2) is 4.13. The van der Waals surface area contributed by atoms with Gasteiger partial charge in [-0.25, -0.2) is 0 Å². The van der Waals surface area contributed by atoms with Gasteiger partial charge in [0.05, 0.1) is 11.9 Å². The molecular formula is C11H20N4. The van der Waals surface area contributed by atoms with Crippen molar-refractivity contribution in [2.24, 2.45) is 0 Å². The molecule has 0 unspecified atom stereocenters. The standard InChI is InChI=1S/C11H20N4/c1-8(2)15-7-10(12)11(14-15)13-9-5-3-4-6-9/h7-9H,3-6,12H2,1-2H3,(H,13,14). The van der Waals surface area contributed by atoms with Crippen molar-refractivity contribution in [2.45, 2.75) is 51.6 Å². The largest absolute Gasteiger partial charge is 0.394 e. The lowest BCUT2D eigenvalue weighted by molar-refractivity contribution is 0.533. The van der Waals surface area contributed by atoms with Crippen molar-refractivity contribution in [3.05, 3.63) is 6.20 Å². The van der Waals surface area contributed by atoms with Gasteiger partial charge >= 0.3 is 0 Å². The van der Waals surface area contributed by atoms with E-state index in [0.717, 1.165) is 11.5 Å². The molecular weight excluding hydrogens is 188 g/mol. The summed E-state index contributed by atoms with van der Waals surface area (Å²) >= 11 is 0. The quantitative estimate of drug-likeness (QED) is 0.802. The molecule has 0 spiro atoms. The van der Waals surface area contributed by atoms with Gasteiger partial charge in [-0.05, 0) is 26.7 Å². The summed E-state index contributed by atoms with van der Waals surface area (Å²) in [7, 11) is 0. The number of nitrogens with two attached hydrogens (primary N) is 1. The van der Waals surface area contributed by atoms with Gasteiger partial charge in [-0.3, -0.25) is 4.68 Å². The molecule has 2 rings (SSSR count). The highest BCUT2D eigenvalue weighted by Gasteiger charge is 2.17. The molecule has 0 radical (unpaired) electrons. The minimum atomic E-state index is 0.367. The Morgan fingerprint density at radius 2 is 2.13 bits per heavy atom. The Balaban J connectivity index is 2.06. The molecule has 0 bridgehead atoms. The number of hydrogen-bond acceptors (Lipinski definition) is 3. The predicted molar refractivity (Wildman–Crippen MR) is 62.9 cm³/mol. The summed E-state index contributed by atoms with van der Waals surface area (Å²) in [6.45, 7) is 4.21. The molecule has 0 saturated heterocycles. The number of anilines is 2. The molecule has 1 fully saturated rings. The first-order valence-electron chi connectivity index (χ1n) is 5.78. The summed E-state index contributed by atoms with van der Waals surface area (Å²) in [6.07, 6.45) is 7.04. The summed E-state index contributed by atoms with van der Waals surface area (Å²) in [4.78, 5) is 0. The van der Waals surface area contributed by atoms with E-state index in [9.17, 15) is 0 Å². The third kappa shape index (κ3) is 2.25. The zero-order valence-electron chi connectivity index (χ0n) is 9.53. The second-order valence-corrected chi connectivity index (χ2v) is 4.63. The molecule has 1 aliphatic carbocycles. The van der Waals surface area contributed by atoms with Crippen LogP contribution < -0.4 is 11.1 Å². The molecule has 0 aliphatic heterocycles. The van der Waals surface area contributed by atoms with E-state index in [1.54, 1.807) is 0 Å². The Morgan fingerprint density at radius 3 is 2.67 bits per heavy atom. The topological polar surface area (TPSA) is 55.9 Å². The minimum Gasteiger partial charge on any atom is -0.394 e. The van der Waals surface area contributed by atoms with Crippen LogP contribution >= 0.6 is 0 Å². The van der Waals surface area contributed by atoms with E-state index in [-0.39, 0.29) is 0 Å². The van der Waals surface area contributed by atoms with Crippen LogP contribution in [-0.2, 0) is 0 Å². The zero-order valence-corrected chi connectivity index (χ0v) is 9.53. The number of aromatic nitrogens is 2. The molecule has 3 N–H and O–H groups in total. The Bertz CT molecular complexity index is 323. The molecule has 15 heavy (non-hydrogen) atoms. The number of rotatable bonds is 3. The monoisotopic (exact) mass is 208 g/mol. The molecule has 0 atom stereocenters. The molecule has 1 saturated carbocycles. The van der Waals surface area contributed by atoms with Crippen molar-refractivity contribution in [1.29, 1.82) is 0 Å². The predicted octanol–water partition coefficient (Wildman–Crippen LogP) is 2.40. The van der Waals surface area contributed by atoms with Gasteiger partial charge in [-0.2, -0.15) is 5.10 Å². The van der Waals surface area contributed by atoms with Crippen LogP contribution in [0.3, 0.4) is 0 Å². The van der Waals surface area contributed by atoms with E-state index in [1.807, 2.05) is 10.9 Å². The van der Waals surface area contributed by atoms with Gasteiger partial charge in [-0.15, -0.1) is 0 Å². The maximum Gasteiger partial charge on any atom is 0.171 e. The number of nitrogens with zero attached hydrogens (tertiary/aromatic N) is 2. The Kier molecular flexibility index (Phi) is 2.84. The summed E-state index contributed by atoms with van der Waals surface area (Å²) in [6, 6.07) is 0.939. The van der Waals surface area contributed by atoms with Crippen LogP contribution in [0, 0.1) is 0 Å². The van der Waals surface area contributed by atoms with E-state index in [1.165, 1.54) is 25.7 Å². The Hall–Kier alpha value is -1.19. The fraction of sp³-hybridized carbons (Fsp3) is 0.727. The van der Waals surface area contributed by atoms with E-state index >= 15 is 0 Å². The molecule has 0 aromatic carbocycles. The van der Waals surface area contributed by atoms with Crippen molar-refractivity contribution < 1.29 is 0 Å². The lowest BCUT2D eigenvalue weighted by atomic mass is 10.2. The summed E-state index contributed by atoms with van der Waals surface area (Å²) in [5.74, 6) is 0.857. The van der Waals surface area contributed by atoms with Crippen molar-refractivity contribution >= 4 is 11.5 Å². The smallest absolute Gasteiger partial charge is 0.171 e. The van der Waals surface area contributed by atoms with Crippen LogP contribution in [0.1, 0.15) is 45.6 Å². The highest BCUT2D eigenvalue weighted by molar-refractivity contribution is 5.60. The highest BCUT2D eigenvalue weighted by Crippen LogP contribution is 2.25. The second-order valence-electron chi connectivity index (χ2n) is 4.63. The van der Waals surface area contributed by atoms with Crippen molar-refractivity contribution in [2.75, 3.05) is 11.1 Å². The van der Waals surface area contributed by atoms with Gasteiger partial charge in [0.15, 0.2) is 5.82 Å². The van der Waals surface area contributed by atoms with Crippen LogP contribution in [-0.4, -0.2) is 15.8 Å². The summed E-state index contributed by atoms with van der Waals surface area (Å²) in [5.41, 5.74) is 6.67. The lowest BCUT2D eigenvalue weighted by Gasteiger charge is -2.11. The maximum atomic E-state index is 5.91. The van der Waals surface area contributed by atoms with Crippen LogP contribution in [0.4, 0.5) is 11.5 Å². The van der Waals surface area contributed by atoms with Crippen LogP contribution in [0.25, 0.3) is 0 Å². The van der Waals surface area contributed by atoms with Gasteiger partial charge in [0.2, 0.25) is 0 Å². The molecule has 1 aliphatic rings. The third-order valence-electron chi connectivity index (χ3n) is 2.99. The molecule has 4 nitrogen and oxygen atoms in total. The van der Waals surface area contributed by atoms with Gasteiger partial charge < -0.3 is 11.1 Å². The van der Waals surface area contributed by atoms with Gasteiger partial charge in [-0.1, -0.05) is 12.8 Å². The lowest BCUT2D eigenvalue weighted by Crippen LogP contribution is -2.16. The van der Waals surface area contributed by atoms with E-state index in [2.05, 4.69) is 24.3 Å². The average Bonchev–Trinajstić information content (AvgIpc) is 2.77. The highest BCUT2D eigenvalue weighted by atomic mass is 15.3. The number of hydrogen-bond donors (Lipinski definition) is 2. The first kappa shape index (κ1) is 10.3. The molecule has 1 aromatic rings. The van der Waals surface area contributed by atoms with Gasteiger partial charge in [0.1, 0.15) is 0 Å². The van der Waals surface area contributed by atoms with Crippen molar-refractivity contribution in [3.8, 4) is 0 Å². The molecule has 4 heteroatoms. The number of nitrogen functional groups attached to an aromatic ring is 1. The SMILES string of the molecule is CC(C)n1cc(N)c(NC2CCCC2)n1. The number of nitrogens with one attached hydrogen (secondary N) is 1. The Labute approximate surface area is 90.8 Å². The van der Waals surface area contributed by atoms with Crippen LogP contribution in [0.2, 0.25) is 0 Å². The van der Waals surface area contributed by atoms with E-state index in [4.69, 9.17) is 5.73 Å². The molecule has 1 aromatic heterocycles.